The van der Waals surface area contributed by atoms with Crippen molar-refractivity contribution < 1.29 is 9.72 Å². The van der Waals surface area contributed by atoms with E-state index >= 15 is 0 Å². The SMILES string of the molecule is CN(C(=O)c1nn(C)cc1[N+](=O)[O-])C1CCCC1. The highest BCUT2D eigenvalue weighted by Gasteiger charge is 2.31. The molecule has 1 aliphatic carbocycles. The number of nitro groups is 1. The smallest absolute Gasteiger partial charge is 0.320 e. The Bertz CT molecular complexity index is 477. The lowest BCUT2D eigenvalue weighted by molar-refractivity contribution is -0.385. The van der Waals surface area contributed by atoms with E-state index < -0.39 is 4.92 Å². The Morgan fingerprint density at radius 1 is 1.56 bits per heavy atom. The van der Waals surface area contributed by atoms with Crippen LogP contribution < -0.4 is 0 Å². The van der Waals surface area contributed by atoms with Gasteiger partial charge in [-0.2, -0.15) is 5.10 Å². The first kappa shape index (κ1) is 12.5. The van der Waals surface area contributed by atoms with Gasteiger partial charge in [0.15, 0.2) is 0 Å². The third kappa shape index (κ3) is 2.20. The molecule has 2 rings (SSSR count). The zero-order valence-electron chi connectivity index (χ0n) is 10.5. The Hall–Kier alpha value is -1.92. The van der Waals surface area contributed by atoms with Crippen molar-refractivity contribution in [2.45, 2.75) is 31.7 Å². The van der Waals surface area contributed by atoms with E-state index in [2.05, 4.69) is 5.10 Å². The highest BCUT2D eigenvalue weighted by Crippen LogP contribution is 2.25. The topological polar surface area (TPSA) is 81.3 Å². The molecule has 1 aliphatic rings. The summed E-state index contributed by atoms with van der Waals surface area (Å²) in [4.78, 5) is 24.1. The summed E-state index contributed by atoms with van der Waals surface area (Å²) >= 11 is 0. The largest absolute Gasteiger partial charge is 0.337 e. The van der Waals surface area contributed by atoms with Crippen molar-refractivity contribution in [3.63, 3.8) is 0 Å². The minimum absolute atomic E-state index is 0.0723. The van der Waals surface area contributed by atoms with Crippen LogP contribution >= 0.6 is 0 Å². The van der Waals surface area contributed by atoms with Gasteiger partial charge in [-0.3, -0.25) is 19.6 Å². The molecule has 0 unspecified atom stereocenters. The van der Waals surface area contributed by atoms with Crippen LogP contribution in [0.3, 0.4) is 0 Å². The third-order valence-corrected chi connectivity index (χ3v) is 3.40. The molecular formula is C11H16N4O3. The van der Waals surface area contributed by atoms with Gasteiger partial charge in [0.1, 0.15) is 6.20 Å². The third-order valence-electron chi connectivity index (χ3n) is 3.40. The molecule has 1 heterocycles. The molecule has 1 aromatic rings. The molecule has 18 heavy (non-hydrogen) atoms. The number of amides is 1. The number of aryl methyl sites for hydroxylation is 1. The van der Waals surface area contributed by atoms with E-state index in [9.17, 15) is 14.9 Å². The number of rotatable bonds is 3. The van der Waals surface area contributed by atoms with Gasteiger partial charge in [-0.15, -0.1) is 0 Å². The summed E-state index contributed by atoms with van der Waals surface area (Å²) in [6, 6.07) is 0.180. The van der Waals surface area contributed by atoms with E-state index in [0.29, 0.717) is 0 Å². The van der Waals surface area contributed by atoms with Crippen molar-refractivity contribution in [1.29, 1.82) is 0 Å². The maximum Gasteiger partial charge on any atom is 0.320 e. The molecule has 0 saturated heterocycles. The van der Waals surface area contributed by atoms with Crippen LogP contribution in [-0.2, 0) is 7.05 Å². The zero-order valence-corrected chi connectivity index (χ0v) is 10.5. The fraction of sp³-hybridized carbons (Fsp3) is 0.636. The molecule has 0 atom stereocenters. The highest BCUT2D eigenvalue weighted by molar-refractivity contribution is 5.96. The predicted molar refractivity (Wildman–Crippen MR) is 64.2 cm³/mol. The van der Waals surface area contributed by atoms with E-state index in [1.54, 1.807) is 19.0 Å². The lowest BCUT2D eigenvalue weighted by Gasteiger charge is -2.22. The van der Waals surface area contributed by atoms with Gasteiger partial charge in [-0.25, -0.2) is 0 Å². The fourth-order valence-electron chi connectivity index (χ4n) is 2.39. The molecule has 0 aliphatic heterocycles. The number of carbonyl (C=O) groups is 1. The van der Waals surface area contributed by atoms with E-state index in [1.165, 1.54) is 10.9 Å². The summed E-state index contributed by atoms with van der Waals surface area (Å²) < 4.78 is 1.30. The van der Waals surface area contributed by atoms with Crippen LogP contribution in [0.15, 0.2) is 6.20 Å². The van der Waals surface area contributed by atoms with Crippen LogP contribution in [-0.4, -0.2) is 38.6 Å². The van der Waals surface area contributed by atoms with Gasteiger partial charge in [0.2, 0.25) is 5.69 Å². The molecule has 0 N–H and O–H groups in total. The van der Waals surface area contributed by atoms with Gasteiger partial charge < -0.3 is 4.90 Å². The Balaban J connectivity index is 2.24. The van der Waals surface area contributed by atoms with Crippen LogP contribution in [0.5, 0.6) is 0 Å². The first-order chi connectivity index (χ1) is 8.50. The standard InChI is InChI=1S/C11H16N4O3/c1-13-7-9(15(17)18)10(12-13)11(16)14(2)8-5-3-4-6-8/h7-8H,3-6H2,1-2H3. The van der Waals surface area contributed by atoms with E-state index in [4.69, 9.17) is 0 Å². The van der Waals surface area contributed by atoms with Crippen molar-refractivity contribution in [3.8, 4) is 0 Å². The fourth-order valence-corrected chi connectivity index (χ4v) is 2.39. The second-order valence-corrected chi connectivity index (χ2v) is 4.65. The molecule has 1 saturated carbocycles. The zero-order chi connectivity index (χ0) is 13.3. The van der Waals surface area contributed by atoms with Crippen LogP contribution in [0, 0.1) is 10.1 Å². The summed E-state index contributed by atoms with van der Waals surface area (Å²) in [7, 11) is 3.26. The molecule has 7 nitrogen and oxygen atoms in total. The summed E-state index contributed by atoms with van der Waals surface area (Å²) in [5, 5.41) is 14.8. The number of nitrogens with zero attached hydrogens (tertiary/aromatic N) is 4. The molecule has 0 aromatic carbocycles. The number of carbonyl (C=O) groups excluding carboxylic acids is 1. The average Bonchev–Trinajstić information content (AvgIpc) is 2.95. The number of hydrogen-bond donors (Lipinski definition) is 0. The maximum atomic E-state index is 12.2. The molecule has 1 amide bonds. The first-order valence-corrected chi connectivity index (χ1v) is 5.96. The quantitative estimate of drug-likeness (QED) is 0.600. The van der Waals surface area contributed by atoms with Crippen molar-refractivity contribution in [2.75, 3.05) is 7.05 Å². The van der Waals surface area contributed by atoms with Gasteiger partial charge in [0, 0.05) is 20.1 Å². The summed E-state index contributed by atoms with van der Waals surface area (Å²) in [5.41, 5.74) is -0.302. The van der Waals surface area contributed by atoms with Gasteiger partial charge in [0.25, 0.3) is 5.91 Å². The molecule has 1 fully saturated rings. The van der Waals surface area contributed by atoms with Crippen LogP contribution in [0.25, 0.3) is 0 Å². The Kier molecular flexibility index (Phi) is 3.31. The van der Waals surface area contributed by atoms with Crippen LogP contribution in [0.4, 0.5) is 5.69 Å². The number of aromatic nitrogens is 2. The first-order valence-electron chi connectivity index (χ1n) is 5.96. The van der Waals surface area contributed by atoms with Gasteiger partial charge in [0.05, 0.1) is 4.92 Å². The molecular weight excluding hydrogens is 236 g/mol. The van der Waals surface area contributed by atoms with Crippen molar-refractivity contribution in [3.05, 3.63) is 22.0 Å². The molecule has 0 bridgehead atoms. The van der Waals surface area contributed by atoms with E-state index in [-0.39, 0.29) is 23.3 Å². The van der Waals surface area contributed by atoms with Crippen molar-refractivity contribution >= 4 is 11.6 Å². The van der Waals surface area contributed by atoms with E-state index in [0.717, 1.165) is 25.7 Å². The van der Waals surface area contributed by atoms with Crippen LogP contribution in [0.1, 0.15) is 36.2 Å². The normalized spacial score (nSPS) is 15.9. The lowest BCUT2D eigenvalue weighted by atomic mass is 10.2. The van der Waals surface area contributed by atoms with E-state index in [1.807, 2.05) is 0 Å². The van der Waals surface area contributed by atoms with Gasteiger partial charge >= 0.3 is 5.69 Å². The Morgan fingerprint density at radius 3 is 2.72 bits per heavy atom. The lowest BCUT2D eigenvalue weighted by Crippen LogP contribution is -2.35. The second-order valence-electron chi connectivity index (χ2n) is 4.65. The van der Waals surface area contributed by atoms with Crippen molar-refractivity contribution in [1.82, 2.24) is 14.7 Å². The molecule has 0 spiro atoms. The number of hydrogen-bond acceptors (Lipinski definition) is 4. The minimum atomic E-state index is -0.567. The maximum absolute atomic E-state index is 12.2. The summed E-state index contributed by atoms with van der Waals surface area (Å²) in [5.74, 6) is -0.366. The molecule has 0 radical (unpaired) electrons. The summed E-state index contributed by atoms with van der Waals surface area (Å²) in [6.45, 7) is 0. The monoisotopic (exact) mass is 252 g/mol. The van der Waals surface area contributed by atoms with Crippen LogP contribution in [0.2, 0.25) is 0 Å². The second kappa shape index (κ2) is 4.75. The molecule has 98 valence electrons. The summed E-state index contributed by atoms with van der Waals surface area (Å²) in [6.07, 6.45) is 5.39. The Labute approximate surface area is 105 Å². The highest BCUT2D eigenvalue weighted by atomic mass is 16.6. The Morgan fingerprint density at radius 2 is 2.17 bits per heavy atom. The molecule has 1 aromatic heterocycles. The predicted octanol–water partition coefficient (Wildman–Crippen LogP) is 1.34. The van der Waals surface area contributed by atoms with Gasteiger partial charge in [-0.05, 0) is 12.8 Å². The minimum Gasteiger partial charge on any atom is -0.337 e. The van der Waals surface area contributed by atoms with Crippen molar-refractivity contribution in [2.24, 2.45) is 7.05 Å². The average molecular weight is 252 g/mol. The molecule has 7 heteroatoms. The van der Waals surface area contributed by atoms with Gasteiger partial charge in [-0.1, -0.05) is 12.8 Å².